The maximum atomic E-state index is 13.0. The molecule has 2 amide bonds. The summed E-state index contributed by atoms with van der Waals surface area (Å²) < 4.78 is 0. The van der Waals surface area contributed by atoms with Crippen LogP contribution in [0.5, 0.6) is 0 Å². The Morgan fingerprint density at radius 3 is 2.80 bits per heavy atom. The molecule has 0 spiro atoms. The van der Waals surface area contributed by atoms with Crippen molar-refractivity contribution in [3.63, 3.8) is 0 Å². The number of nitrogens with one attached hydrogen (secondary N) is 1. The Morgan fingerprint density at radius 2 is 2.04 bits per heavy atom. The summed E-state index contributed by atoms with van der Waals surface area (Å²) in [7, 11) is 0. The zero-order valence-electron chi connectivity index (χ0n) is 14.5. The van der Waals surface area contributed by atoms with Crippen molar-refractivity contribution in [1.29, 1.82) is 0 Å². The maximum absolute atomic E-state index is 13.0. The molecular formula is C20H22N2O2S. The fraction of sp³-hybridized carbons (Fsp3) is 0.400. The van der Waals surface area contributed by atoms with Crippen LogP contribution in [0.25, 0.3) is 0 Å². The van der Waals surface area contributed by atoms with E-state index >= 15 is 0 Å². The molecule has 0 saturated heterocycles. The minimum atomic E-state index is 0.0280. The summed E-state index contributed by atoms with van der Waals surface area (Å²) in [6.07, 6.45) is 1.87. The standard InChI is InChI=1S/C20H22N2O2S/c1-12-10-17(12)19(23)21-15-5-3-4-14(11-15)20(24)22-8-6-18-16(13(22)2)7-9-25-18/h3-5,7,9,11-13,17H,6,8,10H2,1-2H3,(H,21,23). The van der Waals surface area contributed by atoms with Gasteiger partial charge in [-0.25, -0.2) is 0 Å². The van der Waals surface area contributed by atoms with Crippen LogP contribution in [0.3, 0.4) is 0 Å². The van der Waals surface area contributed by atoms with Crippen LogP contribution in [0, 0.1) is 11.8 Å². The average Bonchev–Trinajstić information content (AvgIpc) is 3.15. The van der Waals surface area contributed by atoms with Gasteiger partial charge in [0, 0.05) is 28.6 Å². The van der Waals surface area contributed by atoms with Crippen LogP contribution in [0.1, 0.15) is 47.1 Å². The second-order valence-corrected chi connectivity index (χ2v) is 8.11. The van der Waals surface area contributed by atoms with Gasteiger partial charge in [-0.1, -0.05) is 13.0 Å². The third kappa shape index (κ3) is 3.09. The number of carbonyl (C=O) groups is 2. The van der Waals surface area contributed by atoms with E-state index in [2.05, 4.69) is 30.6 Å². The van der Waals surface area contributed by atoms with E-state index in [0.717, 1.165) is 19.4 Å². The molecule has 5 heteroatoms. The fourth-order valence-electron chi connectivity index (χ4n) is 3.61. The average molecular weight is 354 g/mol. The number of amides is 2. The van der Waals surface area contributed by atoms with Gasteiger partial charge in [-0.15, -0.1) is 11.3 Å². The molecule has 25 heavy (non-hydrogen) atoms. The molecule has 2 heterocycles. The van der Waals surface area contributed by atoms with E-state index in [1.165, 1.54) is 10.4 Å². The number of fused-ring (bicyclic) bond motifs is 1. The van der Waals surface area contributed by atoms with Crippen molar-refractivity contribution in [3.05, 3.63) is 51.7 Å². The van der Waals surface area contributed by atoms with E-state index in [9.17, 15) is 9.59 Å². The van der Waals surface area contributed by atoms with Gasteiger partial charge < -0.3 is 10.2 Å². The first-order chi connectivity index (χ1) is 12.0. The number of benzene rings is 1. The van der Waals surface area contributed by atoms with E-state index in [1.807, 2.05) is 23.1 Å². The number of hydrogen-bond donors (Lipinski definition) is 1. The first-order valence-electron chi connectivity index (χ1n) is 8.82. The van der Waals surface area contributed by atoms with Crippen LogP contribution in [-0.2, 0) is 11.2 Å². The van der Waals surface area contributed by atoms with Crippen LogP contribution >= 0.6 is 11.3 Å². The quantitative estimate of drug-likeness (QED) is 0.902. The van der Waals surface area contributed by atoms with Gasteiger partial charge >= 0.3 is 0 Å². The Kier molecular flexibility index (Phi) is 4.12. The molecule has 130 valence electrons. The lowest BCUT2D eigenvalue weighted by atomic mass is 10.00. The highest BCUT2D eigenvalue weighted by Crippen LogP contribution is 2.38. The van der Waals surface area contributed by atoms with Gasteiger partial charge in [0.1, 0.15) is 0 Å². The Labute approximate surface area is 151 Å². The summed E-state index contributed by atoms with van der Waals surface area (Å²) in [6, 6.07) is 9.52. The van der Waals surface area contributed by atoms with Crippen molar-refractivity contribution >= 4 is 28.8 Å². The second kappa shape index (κ2) is 6.30. The highest BCUT2D eigenvalue weighted by Gasteiger charge is 2.39. The van der Waals surface area contributed by atoms with Crippen LogP contribution in [0.15, 0.2) is 35.7 Å². The summed E-state index contributed by atoms with van der Waals surface area (Å²) >= 11 is 1.77. The van der Waals surface area contributed by atoms with Crippen LogP contribution < -0.4 is 5.32 Å². The van der Waals surface area contributed by atoms with E-state index in [1.54, 1.807) is 17.4 Å². The molecule has 2 aromatic rings. The number of hydrogen-bond acceptors (Lipinski definition) is 3. The minimum absolute atomic E-state index is 0.0280. The Morgan fingerprint density at radius 1 is 1.24 bits per heavy atom. The Balaban J connectivity index is 1.51. The zero-order valence-corrected chi connectivity index (χ0v) is 15.3. The summed E-state index contributed by atoms with van der Waals surface area (Å²) in [4.78, 5) is 28.4. The van der Waals surface area contributed by atoms with E-state index in [-0.39, 0.29) is 23.8 Å². The molecule has 4 nitrogen and oxygen atoms in total. The molecule has 3 unspecified atom stereocenters. The van der Waals surface area contributed by atoms with Gasteiger partial charge in [-0.3, -0.25) is 9.59 Å². The van der Waals surface area contributed by atoms with Crippen molar-refractivity contribution in [2.45, 2.75) is 32.7 Å². The van der Waals surface area contributed by atoms with Crippen molar-refractivity contribution in [2.75, 3.05) is 11.9 Å². The lowest BCUT2D eigenvalue weighted by molar-refractivity contribution is -0.117. The van der Waals surface area contributed by atoms with Gasteiger partial charge in [0.25, 0.3) is 5.91 Å². The van der Waals surface area contributed by atoms with Gasteiger partial charge in [-0.2, -0.15) is 0 Å². The van der Waals surface area contributed by atoms with Crippen LogP contribution in [0.4, 0.5) is 5.69 Å². The molecular weight excluding hydrogens is 332 g/mol. The van der Waals surface area contributed by atoms with Crippen molar-refractivity contribution in [2.24, 2.45) is 11.8 Å². The predicted octanol–water partition coefficient (Wildman–Crippen LogP) is 4.10. The molecule has 1 aliphatic carbocycles. The first-order valence-corrected chi connectivity index (χ1v) is 9.70. The third-order valence-electron chi connectivity index (χ3n) is 5.36. The van der Waals surface area contributed by atoms with Gasteiger partial charge in [-0.05, 0) is 60.9 Å². The third-order valence-corrected chi connectivity index (χ3v) is 6.36. The molecule has 0 bridgehead atoms. The molecule has 1 saturated carbocycles. The Bertz CT molecular complexity index is 829. The summed E-state index contributed by atoms with van der Waals surface area (Å²) in [5, 5.41) is 5.05. The normalized spacial score (nSPS) is 24.6. The van der Waals surface area contributed by atoms with Crippen molar-refractivity contribution < 1.29 is 9.59 Å². The number of nitrogens with zero attached hydrogens (tertiary/aromatic N) is 1. The molecule has 0 radical (unpaired) electrons. The van der Waals surface area contributed by atoms with Crippen LogP contribution in [-0.4, -0.2) is 23.3 Å². The summed E-state index contributed by atoms with van der Waals surface area (Å²) in [5.41, 5.74) is 2.60. The summed E-state index contributed by atoms with van der Waals surface area (Å²) in [5.74, 6) is 0.684. The fourth-order valence-corrected chi connectivity index (χ4v) is 4.57. The maximum Gasteiger partial charge on any atom is 0.254 e. The number of thiophene rings is 1. The molecule has 1 aliphatic heterocycles. The van der Waals surface area contributed by atoms with Gasteiger partial charge in [0.2, 0.25) is 5.91 Å². The van der Waals surface area contributed by atoms with E-state index < -0.39 is 0 Å². The largest absolute Gasteiger partial charge is 0.331 e. The highest BCUT2D eigenvalue weighted by molar-refractivity contribution is 7.10. The monoisotopic (exact) mass is 354 g/mol. The van der Waals surface area contributed by atoms with E-state index in [0.29, 0.717) is 17.2 Å². The molecule has 1 aromatic carbocycles. The molecule has 1 aromatic heterocycles. The smallest absolute Gasteiger partial charge is 0.254 e. The van der Waals surface area contributed by atoms with Gasteiger partial charge in [0.05, 0.1) is 6.04 Å². The SMILES string of the molecule is CC1CC1C(=O)Nc1cccc(C(=O)N2CCc3sccc3C2C)c1. The van der Waals surface area contributed by atoms with Gasteiger partial charge in [0.15, 0.2) is 0 Å². The number of anilines is 1. The zero-order chi connectivity index (χ0) is 17.6. The van der Waals surface area contributed by atoms with Crippen molar-refractivity contribution in [1.82, 2.24) is 4.90 Å². The lowest BCUT2D eigenvalue weighted by Crippen LogP contribution is -2.38. The lowest BCUT2D eigenvalue weighted by Gasteiger charge is -2.33. The predicted molar refractivity (Wildman–Crippen MR) is 99.8 cm³/mol. The minimum Gasteiger partial charge on any atom is -0.331 e. The number of carbonyl (C=O) groups excluding carboxylic acids is 2. The first kappa shape index (κ1) is 16.3. The highest BCUT2D eigenvalue weighted by atomic mass is 32.1. The second-order valence-electron chi connectivity index (χ2n) is 7.11. The molecule has 3 atom stereocenters. The molecule has 1 fully saturated rings. The molecule has 4 rings (SSSR count). The van der Waals surface area contributed by atoms with Crippen molar-refractivity contribution in [3.8, 4) is 0 Å². The van der Waals surface area contributed by atoms with Crippen LogP contribution in [0.2, 0.25) is 0 Å². The molecule has 2 aliphatic rings. The molecule has 1 N–H and O–H groups in total. The summed E-state index contributed by atoms with van der Waals surface area (Å²) in [6.45, 7) is 4.91. The topological polar surface area (TPSA) is 49.4 Å². The van der Waals surface area contributed by atoms with E-state index in [4.69, 9.17) is 0 Å². The Hall–Kier alpha value is -2.14. The number of rotatable bonds is 3.